The van der Waals surface area contributed by atoms with Crippen molar-refractivity contribution < 1.29 is 4.39 Å². The molecule has 0 aromatic rings. The fraction of sp³-hybridized carbons (Fsp3) is 0.600. The van der Waals surface area contributed by atoms with Crippen LogP contribution in [0, 0.1) is 0 Å². The first-order valence-electron chi connectivity index (χ1n) is 4.06. The lowest BCUT2D eigenvalue weighted by atomic mass is 10.1. The maximum atomic E-state index is 13.2. The highest BCUT2D eigenvalue weighted by atomic mass is 19.1. The minimum Gasteiger partial charge on any atom is -0.239 e. The van der Waals surface area contributed by atoms with E-state index < -0.39 is 5.67 Å². The zero-order chi connectivity index (χ0) is 8.48. The number of rotatable bonds is 2. The van der Waals surface area contributed by atoms with E-state index in [2.05, 4.69) is 0 Å². The van der Waals surface area contributed by atoms with Crippen molar-refractivity contribution in [3.63, 3.8) is 0 Å². The Morgan fingerprint density at radius 3 is 2.09 bits per heavy atom. The Hall–Kier alpha value is -0.590. The first-order chi connectivity index (χ1) is 5.04. The molecule has 0 aliphatic heterocycles. The van der Waals surface area contributed by atoms with Gasteiger partial charge in [-0.05, 0) is 39.2 Å². The molecule has 0 nitrogen and oxygen atoms in total. The summed E-state index contributed by atoms with van der Waals surface area (Å²) in [6.07, 6.45) is 5.29. The molecular weight excluding hydrogens is 139 g/mol. The molecule has 0 radical (unpaired) electrons. The molecule has 62 valence electrons. The van der Waals surface area contributed by atoms with Gasteiger partial charge in [0, 0.05) is 0 Å². The Bertz CT molecular complexity index is 203. The van der Waals surface area contributed by atoms with Crippen LogP contribution >= 0.6 is 0 Å². The van der Waals surface area contributed by atoms with Crippen LogP contribution in [0.5, 0.6) is 0 Å². The first-order valence-corrected chi connectivity index (χ1v) is 4.06. The van der Waals surface area contributed by atoms with Gasteiger partial charge in [0.25, 0.3) is 0 Å². The molecule has 1 fully saturated rings. The van der Waals surface area contributed by atoms with Gasteiger partial charge in [0.2, 0.25) is 0 Å². The molecule has 0 spiro atoms. The third-order valence-corrected chi connectivity index (χ3v) is 2.06. The maximum Gasteiger partial charge on any atom is 0.132 e. The summed E-state index contributed by atoms with van der Waals surface area (Å²) >= 11 is 0. The predicted molar refractivity (Wildman–Crippen MR) is 46.3 cm³/mol. The van der Waals surface area contributed by atoms with Gasteiger partial charge in [0.15, 0.2) is 0 Å². The smallest absolute Gasteiger partial charge is 0.132 e. The van der Waals surface area contributed by atoms with Gasteiger partial charge in [0.05, 0.1) is 0 Å². The Labute approximate surface area is 67.8 Å². The highest BCUT2D eigenvalue weighted by Gasteiger charge is 2.44. The average Bonchev–Trinajstić information content (AvgIpc) is 2.64. The number of hydrogen-bond acceptors (Lipinski definition) is 0. The van der Waals surface area contributed by atoms with Crippen LogP contribution in [-0.4, -0.2) is 5.67 Å². The van der Waals surface area contributed by atoms with Crippen LogP contribution in [0.15, 0.2) is 23.3 Å². The van der Waals surface area contributed by atoms with E-state index in [1.807, 2.05) is 32.9 Å². The van der Waals surface area contributed by atoms with Crippen molar-refractivity contribution in [2.24, 2.45) is 0 Å². The van der Waals surface area contributed by atoms with Crippen LogP contribution in [0.1, 0.15) is 33.6 Å². The lowest BCUT2D eigenvalue weighted by Crippen LogP contribution is -1.99. The van der Waals surface area contributed by atoms with Crippen LogP contribution < -0.4 is 0 Å². The van der Waals surface area contributed by atoms with Gasteiger partial charge in [-0.2, -0.15) is 0 Å². The van der Waals surface area contributed by atoms with Crippen LogP contribution in [0.4, 0.5) is 4.39 Å². The molecule has 0 heterocycles. The third-order valence-electron chi connectivity index (χ3n) is 2.06. The van der Waals surface area contributed by atoms with Crippen molar-refractivity contribution in [1.29, 1.82) is 0 Å². The van der Waals surface area contributed by atoms with E-state index in [0.29, 0.717) is 12.8 Å². The van der Waals surface area contributed by atoms with Crippen molar-refractivity contribution >= 4 is 0 Å². The molecule has 0 aromatic heterocycles. The fourth-order valence-electron chi connectivity index (χ4n) is 0.945. The van der Waals surface area contributed by atoms with E-state index in [0.717, 1.165) is 5.57 Å². The second-order valence-corrected chi connectivity index (χ2v) is 3.56. The average molecular weight is 154 g/mol. The second kappa shape index (κ2) is 2.80. The highest BCUT2D eigenvalue weighted by molar-refractivity contribution is 5.27. The Morgan fingerprint density at radius 1 is 1.18 bits per heavy atom. The SMILES string of the molecule is CC(C)=C/C=C(\C)C1(F)CC1. The van der Waals surface area contributed by atoms with E-state index >= 15 is 0 Å². The molecule has 0 aromatic carbocycles. The van der Waals surface area contributed by atoms with Gasteiger partial charge in [-0.15, -0.1) is 0 Å². The number of hydrogen-bond donors (Lipinski definition) is 0. The summed E-state index contributed by atoms with van der Waals surface area (Å²) in [4.78, 5) is 0. The van der Waals surface area contributed by atoms with Crippen LogP contribution in [0.2, 0.25) is 0 Å². The van der Waals surface area contributed by atoms with Gasteiger partial charge >= 0.3 is 0 Å². The highest BCUT2D eigenvalue weighted by Crippen LogP contribution is 2.45. The fourth-order valence-corrected chi connectivity index (χ4v) is 0.945. The lowest BCUT2D eigenvalue weighted by molar-refractivity contribution is 0.361. The van der Waals surface area contributed by atoms with Gasteiger partial charge in [0.1, 0.15) is 5.67 Å². The van der Waals surface area contributed by atoms with Crippen molar-refractivity contribution in [3.8, 4) is 0 Å². The van der Waals surface area contributed by atoms with Crippen LogP contribution in [-0.2, 0) is 0 Å². The molecule has 1 heteroatoms. The quantitative estimate of drug-likeness (QED) is 0.535. The maximum absolute atomic E-state index is 13.2. The third kappa shape index (κ3) is 2.18. The zero-order valence-electron chi connectivity index (χ0n) is 7.45. The monoisotopic (exact) mass is 154 g/mol. The molecule has 0 saturated heterocycles. The molecule has 0 unspecified atom stereocenters. The van der Waals surface area contributed by atoms with Crippen molar-refractivity contribution in [1.82, 2.24) is 0 Å². The summed E-state index contributed by atoms with van der Waals surface area (Å²) in [6.45, 7) is 5.90. The summed E-state index contributed by atoms with van der Waals surface area (Å²) in [5.41, 5.74) is 1.15. The second-order valence-electron chi connectivity index (χ2n) is 3.56. The van der Waals surface area contributed by atoms with Gasteiger partial charge < -0.3 is 0 Å². The summed E-state index contributed by atoms with van der Waals surface area (Å²) in [6, 6.07) is 0. The van der Waals surface area contributed by atoms with Crippen LogP contribution in [0.3, 0.4) is 0 Å². The topological polar surface area (TPSA) is 0 Å². The first kappa shape index (κ1) is 8.51. The largest absolute Gasteiger partial charge is 0.239 e. The minimum absolute atomic E-state index is 0.714. The van der Waals surface area contributed by atoms with E-state index in [9.17, 15) is 4.39 Å². The normalized spacial score (nSPS) is 21.3. The summed E-state index contributed by atoms with van der Waals surface area (Å²) in [5.74, 6) is 0. The molecule has 1 aliphatic carbocycles. The van der Waals surface area contributed by atoms with Gasteiger partial charge in [-0.1, -0.05) is 17.7 Å². The van der Waals surface area contributed by atoms with Gasteiger partial charge in [-0.3, -0.25) is 0 Å². The molecule has 1 rings (SSSR count). The summed E-state index contributed by atoms with van der Waals surface area (Å²) < 4.78 is 13.2. The molecule has 0 atom stereocenters. The number of allylic oxidation sites excluding steroid dienone is 4. The van der Waals surface area contributed by atoms with E-state index in [4.69, 9.17) is 0 Å². The molecule has 1 saturated carbocycles. The van der Waals surface area contributed by atoms with Crippen molar-refractivity contribution in [2.75, 3.05) is 0 Å². The molecule has 1 aliphatic rings. The zero-order valence-corrected chi connectivity index (χ0v) is 7.45. The van der Waals surface area contributed by atoms with E-state index in [-0.39, 0.29) is 0 Å². The summed E-state index contributed by atoms with van der Waals surface area (Å²) in [5, 5.41) is 0. The Kier molecular flexibility index (Phi) is 2.17. The number of halogens is 1. The Balaban J connectivity index is 2.60. The molecular formula is C10H15F. The molecule has 0 amide bonds. The van der Waals surface area contributed by atoms with E-state index in [1.54, 1.807) is 0 Å². The van der Waals surface area contributed by atoms with E-state index in [1.165, 1.54) is 5.57 Å². The lowest BCUT2D eigenvalue weighted by Gasteiger charge is -2.02. The number of alkyl halides is 1. The van der Waals surface area contributed by atoms with Crippen LogP contribution in [0.25, 0.3) is 0 Å². The van der Waals surface area contributed by atoms with Crippen molar-refractivity contribution in [3.05, 3.63) is 23.3 Å². The van der Waals surface area contributed by atoms with Crippen molar-refractivity contribution in [2.45, 2.75) is 39.3 Å². The molecule has 11 heavy (non-hydrogen) atoms. The summed E-state index contributed by atoms with van der Waals surface area (Å²) in [7, 11) is 0. The standard InChI is InChI=1S/C10H15F/c1-8(2)4-5-9(3)10(11)6-7-10/h4-5H,6-7H2,1-3H3/b9-5+. The minimum atomic E-state index is -0.939. The molecule has 0 bridgehead atoms. The molecule has 0 N–H and O–H groups in total. The van der Waals surface area contributed by atoms with Gasteiger partial charge in [-0.25, -0.2) is 4.39 Å². The Morgan fingerprint density at radius 2 is 1.73 bits per heavy atom. The predicted octanol–water partition coefficient (Wildman–Crippen LogP) is 3.40.